The third-order valence-electron chi connectivity index (χ3n) is 3.32. The summed E-state index contributed by atoms with van der Waals surface area (Å²) < 4.78 is 5.21. The molecule has 3 rings (SSSR count). The normalized spacial score (nSPS) is 10.5. The first-order valence-corrected chi connectivity index (χ1v) is 7.11. The van der Waals surface area contributed by atoms with Crippen LogP contribution in [0.2, 0.25) is 0 Å². The quantitative estimate of drug-likeness (QED) is 0.774. The summed E-state index contributed by atoms with van der Waals surface area (Å²) in [5, 5.41) is 2.69. The van der Waals surface area contributed by atoms with Crippen molar-refractivity contribution >= 4 is 5.91 Å². The molecule has 0 aliphatic rings. The molecule has 3 heterocycles. The maximum Gasteiger partial charge on any atom is 0.261 e. The Labute approximate surface area is 132 Å². The Bertz CT molecular complexity index is 882. The molecule has 0 saturated carbocycles. The Kier molecular flexibility index (Phi) is 4.05. The third kappa shape index (κ3) is 3.37. The third-order valence-corrected chi connectivity index (χ3v) is 3.32. The first-order chi connectivity index (χ1) is 11.1. The van der Waals surface area contributed by atoms with Crippen molar-refractivity contribution < 1.29 is 9.21 Å². The second-order valence-electron chi connectivity index (χ2n) is 5.05. The van der Waals surface area contributed by atoms with E-state index in [4.69, 9.17) is 4.42 Å². The summed E-state index contributed by atoms with van der Waals surface area (Å²) in [5.74, 6) is 0.0959. The first kappa shape index (κ1) is 14.8. The minimum atomic E-state index is -0.464. The number of nitrogens with zero attached hydrogens (tertiary/aromatic N) is 1. The summed E-state index contributed by atoms with van der Waals surface area (Å²) in [6.45, 7) is 2.14. The summed E-state index contributed by atoms with van der Waals surface area (Å²) in [7, 11) is 0. The molecule has 1 amide bonds. The van der Waals surface area contributed by atoms with Crippen molar-refractivity contribution in [1.29, 1.82) is 0 Å². The molecule has 0 bridgehead atoms. The molecule has 0 aliphatic carbocycles. The molecule has 6 heteroatoms. The van der Waals surface area contributed by atoms with Crippen LogP contribution in [-0.2, 0) is 6.54 Å². The molecule has 2 N–H and O–H groups in total. The van der Waals surface area contributed by atoms with E-state index in [2.05, 4.69) is 15.3 Å². The topological polar surface area (TPSA) is 88.0 Å². The SMILES string of the molecule is Cc1cccc(CNC(=O)c2ccc(-c3ccco3)[nH]c2=O)n1. The Morgan fingerprint density at radius 1 is 1.22 bits per heavy atom. The summed E-state index contributed by atoms with van der Waals surface area (Å²) in [5.41, 5.74) is 1.72. The van der Waals surface area contributed by atoms with Crippen LogP contribution >= 0.6 is 0 Å². The summed E-state index contributed by atoms with van der Waals surface area (Å²) >= 11 is 0. The van der Waals surface area contributed by atoms with Crippen LogP contribution < -0.4 is 10.9 Å². The van der Waals surface area contributed by atoms with Crippen molar-refractivity contribution in [3.63, 3.8) is 0 Å². The van der Waals surface area contributed by atoms with Gasteiger partial charge in [-0.15, -0.1) is 0 Å². The molecule has 3 aromatic heterocycles. The maximum atomic E-state index is 12.1. The van der Waals surface area contributed by atoms with E-state index in [1.54, 1.807) is 18.2 Å². The van der Waals surface area contributed by atoms with Crippen LogP contribution in [0.1, 0.15) is 21.7 Å². The molecule has 3 aromatic rings. The van der Waals surface area contributed by atoms with Crippen LogP contribution in [0.15, 0.2) is 57.9 Å². The zero-order chi connectivity index (χ0) is 16.2. The maximum absolute atomic E-state index is 12.1. The predicted molar refractivity (Wildman–Crippen MR) is 84.9 cm³/mol. The van der Waals surface area contributed by atoms with Gasteiger partial charge in [-0.25, -0.2) is 0 Å². The van der Waals surface area contributed by atoms with E-state index < -0.39 is 11.5 Å². The van der Waals surface area contributed by atoms with Gasteiger partial charge in [-0.1, -0.05) is 6.07 Å². The van der Waals surface area contributed by atoms with Gasteiger partial charge >= 0.3 is 0 Å². The molecule has 0 radical (unpaired) electrons. The monoisotopic (exact) mass is 309 g/mol. The lowest BCUT2D eigenvalue weighted by Crippen LogP contribution is -2.29. The summed E-state index contributed by atoms with van der Waals surface area (Å²) in [6.07, 6.45) is 1.52. The number of H-pyrrole nitrogens is 1. The Balaban J connectivity index is 1.74. The minimum Gasteiger partial charge on any atom is -0.463 e. The van der Waals surface area contributed by atoms with Crippen LogP contribution in [0.3, 0.4) is 0 Å². The molecular formula is C17H15N3O3. The van der Waals surface area contributed by atoms with Crippen LogP contribution in [-0.4, -0.2) is 15.9 Å². The van der Waals surface area contributed by atoms with E-state index in [0.29, 0.717) is 11.5 Å². The van der Waals surface area contributed by atoms with Crippen molar-refractivity contribution in [3.05, 3.63) is 76.0 Å². The second-order valence-corrected chi connectivity index (χ2v) is 5.05. The second kappa shape index (κ2) is 6.31. The number of aromatic nitrogens is 2. The number of carbonyl (C=O) groups is 1. The molecule has 0 spiro atoms. The number of nitrogens with one attached hydrogen (secondary N) is 2. The van der Waals surface area contributed by atoms with Gasteiger partial charge in [-0.05, 0) is 43.3 Å². The van der Waals surface area contributed by atoms with Gasteiger partial charge in [0.1, 0.15) is 11.3 Å². The Morgan fingerprint density at radius 3 is 2.78 bits per heavy atom. The average Bonchev–Trinajstić information content (AvgIpc) is 3.07. The number of furan rings is 1. The molecule has 0 atom stereocenters. The van der Waals surface area contributed by atoms with Crippen molar-refractivity contribution in [2.75, 3.05) is 0 Å². The first-order valence-electron chi connectivity index (χ1n) is 7.11. The zero-order valence-corrected chi connectivity index (χ0v) is 12.5. The lowest BCUT2D eigenvalue weighted by atomic mass is 10.2. The largest absolute Gasteiger partial charge is 0.463 e. The number of hydrogen-bond acceptors (Lipinski definition) is 4. The van der Waals surface area contributed by atoms with E-state index in [9.17, 15) is 9.59 Å². The molecule has 0 aromatic carbocycles. The van der Waals surface area contributed by atoms with Crippen LogP contribution in [0.4, 0.5) is 0 Å². The lowest BCUT2D eigenvalue weighted by Gasteiger charge is -2.05. The fraction of sp³-hybridized carbons (Fsp3) is 0.118. The standard InChI is InChI=1S/C17H15N3O3/c1-11-4-2-5-12(19-11)10-18-16(21)13-7-8-14(20-17(13)22)15-6-3-9-23-15/h2-9H,10H2,1H3,(H,18,21)(H,20,22). The van der Waals surface area contributed by atoms with Gasteiger partial charge < -0.3 is 14.7 Å². The van der Waals surface area contributed by atoms with E-state index in [1.807, 2.05) is 25.1 Å². The Hall–Kier alpha value is -3.15. The van der Waals surface area contributed by atoms with Gasteiger partial charge in [0.05, 0.1) is 24.2 Å². The van der Waals surface area contributed by atoms with Crippen LogP contribution in [0.25, 0.3) is 11.5 Å². The van der Waals surface area contributed by atoms with E-state index >= 15 is 0 Å². The van der Waals surface area contributed by atoms with Crippen molar-refractivity contribution in [3.8, 4) is 11.5 Å². The van der Waals surface area contributed by atoms with Gasteiger partial charge in [-0.2, -0.15) is 0 Å². The number of rotatable bonds is 4. The zero-order valence-electron chi connectivity index (χ0n) is 12.5. The molecule has 0 fully saturated rings. The van der Waals surface area contributed by atoms with Gasteiger partial charge in [-0.3, -0.25) is 14.6 Å². The molecule has 23 heavy (non-hydrogen) atoms. The van der Waals surface area contributed by atoms with Gasteiger partial charge in [0.25, 0.3) is 11.5 Å². The van der Waals surface area contributed by atoms with Gasteiger partial charge in [0.15, 0.2) is 0 Å². The lowest BCUT2D eigenvalue weighted by molar-refractivity contribution is 0.0949. The highest BCUT2D eigenvalue weighted by Gasteiger charge is 2.12. The van der Waals surface area contributed by atoms with Gasteiger partial charge in [0.2, 0.25) is 0 Å². The smallest absolute Gasteiger partial charge is 0.261 e. The number of carbonyl (C=O) groups excluding carboxylic acids is 1. The molecule has 0 aliphatic heterocycles. The average molecular weight is 309 g/mol. The summed E-state index contributed by atoms with van der Waals surface area (Å²) in [6, 6.07) is 12.1. The van der Waals surface area contributed by atoms with E-state index in [-0.39, 0.29) is 12.1 Å². The summed E-state index contributed by atoms with van der Waals surface area (Å²) in [4.78, 5) is 31.1. The van der Waals surface area contributed by atoms with E-state index in [0.717, 1.165) is 11.4 Å². The number of aryl methyl sites for hydroxylation is 1. The highest BCUT2D eigenvalue weighted by atomic mass is 16.3. The van der Waals surface area contributed by atoms with Crippen molar-refractivity contribution in [2.45, 2.75) is 13.5 Å². The fourth-order valence-corrected chi connectivity index (χ4v) is 2.19. The van der Waals surface area contributed by atoms with Crippen LogP contribution in [0, 0.1) is 6.92 Å². The molecule has 0 saturated heterocycles. The molecule has 6 nitrogen and oxygen atoms in total. The van der Waals surface area contributed by atoms with Gasteiger partial charge in [0, 0.05) is 5.69 Å². The minimum absolute atomic E-state index is 0.0490. The highest BCUT2D eigenvalue weighted by molar-refractivity contribution is 5.93. The molecular weight excluding hydrogens is 294 g/mol. The highest BCUT2D eigenvalue weighted by Crippen LogP contribution is 2.15. The predicted octanol–water partition coefficient (Wildman–Crippen LogP) is 2.27. The number of hydrogen-bond donors (Lipinski definition) is 2. The molecule has 0 unspecified atom stereocenters. The Morgan fingerprint density at radius 2 is 2.09 bits per heavy atom. The molecule has 116 valence electrons. The fourth-order valence-electron chi connectivity index (χ4n) is 2.19. The van der Waals surface area contributed by atoms with Crippen molar-refractivity contribution in [1.82, 2.24) is 15.3 Å². The number of aromatic amines is 1. The number of pyridine rings is 2. The number of amides is 1. The van der Waals surface area contributed by atoms with Crippen LogP contribution in [0.5, 0.6) is 0 Å². The van der Waals surface area contributed by atoms with Crippen molar-refractivity contribution in [2.24, 2.45) is 0 Å². The van der Waals surface area contributed by atoms with E-state index in [1.165, 1.54) is 12.3 Å².